The van der Waals surface area contributed by atoms with E-state index in [-0.39, 0.29) is 6.10 Å². The molecule has 1 heterocycles. The van der Waals surface area contributed by atoms with E-state index in [1.165, 1.54) is 0 Å². The van der Waals surface area contributed by atoms with Crippen molar-refractivity contribution in [3.8, 4) is 6.07 Å². The number of nitriles is 1. The molecule has 0 aliphatic heterocycles. The molecule has 90 valence electrons. The van der Waals surface area contributed by atoms with Crippen molar-refractivity contribution in [2.45, 2.75) is 32.8 Å². The van der Waals surface area contributed by atoms with E-state index in [0.717, 1.165) is 36.5 Å². The van der Waals surface area contributed by atoms with Crippen LogP contribution in [0.15, 0.2) is 6.07 Å². The normalized spacial score (nSPS) is 22.7. The van der Waals surface area contributed by atoms with Crippen molar-refractivity contribution in [2.75, 3.05) is 11.9 Å². The zero-order valence-electron chi connectivity index (χ0n) is 10.2. The minimum atomic E-state index is -0.127. The van der Waals surface area contributed by atoms with Gasteiger partial charge < -0.3 is 10.4 Å². The van der Waals surface area contributed by atoms with E-state index in [9.17, 15) is 5.11 Å². The van der Waals surface area contributed by atoms with Crippen LogP contribution in [0.2, 0.25) is 0 Å². The van der Waals surface area contributed by atoms with Crippen LogP contribution >= 0.6 is 0 Å². The van der Waals surface area contributed by atoms with Crippen molar-refractivity contribution in [1.29, 1.82) is 5.26 Å². The molecule has 0 amide bonds. The fourth-order valence-electron chi connectivity index (χ4n) is 2.23. The zero-order valence-corrected chi connectivity index (χ0v) is 10.2. The summed E-state index contributed by atoms with van der Waals surface area (Å²) < 4.78 is 0. The standard InChI is InChI=1S/C13H17N3O/c1-8-3-13(12(6-14)9(2)16-8)15-7-10-4-11(17)5-10/h3,10-11,17H,4-5,7H2,1-2H3,(H,15,16). The van der Waals surface area contributed by atoms with Gasteiger partial charge in [0.2, 0.25) is 0 Å². The Morgan fingerprint density at radius 2 is 2.24 bits per heavy atom. The van der Waals surface area contributed by atoms with E-state index in [1.807, 2.05) is 19.9 Å². The Morgan fingerprint density at radius 1 is 1.53 bits per heavy atom. The van der Waals surface area contributed by atoms with E-state index >= 15 is 0 Å². The average Bonchev–Trinajstić information content (AvgIpc) is 2.22. The van der Waals surface area contributed by atoms with Crippen LogP contribution in [0, 0.1) is 31.1 Å². The number of aliphatic hydroxyl groups is 1. The molecule has 0 bridgehead atoms. The molecule has 1 fully saturated rings. The van der Waals surface area contributed by atoms with Crippen LogP contribution in [0.5, 0.6) is 0 Å². The number of aromatic nitrogens is 1. The lowest BCUT2D eigenvalue weighted by atomic mass is 9.82. The third-order valence-electron chi connectivity index (χ3n) is 3.23. The summed E-state index contributed by atoms with van der Waals surface area (Å²) in [5.41, 5.74) is 3.16. The maximum atomic E-state index is 9.21. The SMILES string of the molecule is Cc1cc(NCC2CC(O)C2)c(C#N)c(C)n1. The minimum absolute atomic E-state index is 0.127. The zero-order chi connectivity index (χ0) is 12.4. The van der Waals surface area contributed by atoms with Gasteiger partial charge in [-0.3, -0.25) is 4.98 Å². The van der Waals surface area contributed by atoms with E-state index in [1.54, 1.807) is 0 Å². The Kier molecular flexibility index (Phi) is 3.30. The first kappa shape index (κ1) is 11.9. The summed E-state index contributed by atoms with van der Waals surface area (Å²) in [6.45, 7) is 4.59. The van der Waals surface area contributed by atoms with Gasteiger partial charge in [0.1, 0.15) is 6.07 Å². The van der Waals surface area contributed by atoms with Gasteiger partial charge in [-0.15, -0.1) is 0 Å². The molecule has 2 N–H and O–H groups in total. The highest BCUT2D eigenvalue weighted by molar-refractivity contribution is 5.59. The highest BCUT2D eigenvalue weighted by atomic mass is 16.3. The maximum Gasteiger partial charge on any atom is 0.103 e. The van der Waals surface area contributed by atoms with Crippen molar-refractivity contribution in [3.05, 3.63) is 23.0 Å². The third kappa shape index (κ3) is 2.56. The number of rotatable bonds is 3. The van der Waals surface area contributed by atoms with E-state index < -0.39 is 0 Å². The topological polar surface area (TPSA) is 68.9 Å². The number of pyridine rings is 1. The molecule has 4 nitrogen and oxygen atoms in total. The summed E-state index contributed by atoms with van der Waals surface area (Å²) in [6, 6.07) is 4.09. The summed E-state index contributed by atoms with van der Waals surface area (Å²) in [5.74, 6) is 0.519. The van der Waals surface area contributed by atoms with Crippen molar-refractivity contribution in [3.63, 3.8) is 0 Å². The van der Waals surface area contributed by atoms with Crippen LogP contribution < -0.4 is 5.32 Å². The van der Waals surface area contributed by atoms with Gasteiger partial charge in [-0.2, -0.15) is 5.26 Å². The van der Waals surface area contributed by atoms with Crippen LogP contribution in [0.4, 0.5) is 5.69 Å². The van der Waals surface area contributed by atoms with Crippen molar-refractivity contribution < 1.29 is 5.11 Å². The Bertz CT molecular complexity index is 458. The number of hydrogen-bond donors (Lipinski definition) is 2. The fourth-order valence-corrected chi connectivity index (χ4v) is 2.23. The molecule has 0 atom stereocenters. The third-order valence-corrected chi connectivity index (χ3v) is 3.23. The van der Waals surface area contributed by atoms with Gasteiger partial charge in [-0.05, 0) is 38.7 Å². The van der Waals surface area contributed by atoms with Crippen LogP contribution in [0.1, 0.15) is 29.8 Å². The number of aryl methyl sites for hydroxylation is 2. The molecule has 1 aliphatic carbocycles. The molecule has 0 saturated heterocycles. The maximum absolute atomic E-state index is 9.21. The summed E-state index contributed by atoms with van der Waals surface area (Å²) in [5, 5.41) is 21.6. The lowest BCUT2D eigenvalue weighted by Gasteiger charge is -2.31. The summed E-state index contributed by atoms with van der Waals surface area (Å²) >= 11 is 0. The van der Waals surface area contributed by atoms with Crippen LogP contribution in [-0.2, 0) is 0 Å². The van der Waals surface area contributed by atoms with Crippen molar-refractivity contribution >= 4 is 5.69 Å². The second kappa shape index (κ2) is 4.72. The summed E-state index contributed by atoms with van der Waals surface area (Å²) in [6.07, 6.45) is 1.59. The van der Waals surface area contributed by atoms with Gasteiger partial charge in [0.05, 0.1) is 23.0 Å². The second-order valence-electron chi connectivity index (χ2n) is 4.76. The smallest absolute Gasteiger partial charge is 0.103 e. The second-order valence-corrected chi connectivity index (χ2v) is 4.76. The van der Waals surface area contributed by atoms with Crippen LogP contribution in [-0.4, -0.2) is 22.7 Å². The predicted molar refractivity (Wildman–Crippen MR) is 65.6 cm³/mol. The van der Waals surface area contributed by atoms with E-state index in [0.29, 0.717) is 11.5 Å². The highest BCUT2D eigenvalue weighted by Crippen LogP contribution is 2.28. The molecule has 1 aromatic rings. The van der Waals surface area contributed by atoms with Gasteiger partial charge in [-0.25, -0.2) is 0 Å². The first-order valence-corrected chi connectivity index (χ1v) is 5.90. The number of hydrogen-bond acceptors (Lipinski definition) is 4. The molecule has 0 radical (unpaired) electrons. The fraction of sp³-hybridized carbons (Fsp3) is 0.538. The molecule has 17 heavy (non-hydrogen) atoms. The number of nitrogens with one attached hydrogen (secondary N) is 1. The largest absolute Gasteiger partial charge is 0.393 e. The Morgan fingerprint density at radius 3 is 2.82 bits per heavy atom. The molecular formula is C13H17N3O. The van der Waals surface area contributed by atoms with Gasteiger partial charge in [-0.1, -0.05) is 0 Å². The molecule has 4 heteroatoms. The molecule has 0 spiro atoms. The van der Waals surface area contributed by atoms with Crippen LogP contribution in [0.25, 0.3) is 0 Å². The number of anilines is 1. The van der Waals surface area contributed by atoms with Gasteiger partial charge in [0, 0.05) is 12.2 Å². The Balaban J connectivity index is 2.07. The number of aliphatic hydroxyl groups excluding tert-OH is 1. The van der Waals surface area contributed by atoms with Gasteiger partial charge in [0.25, 0.3) is 0 Å². The minimum Gasteiger partial charge on any atom is -0.393 e. The van der Waals surface area contributed by atoms with Gasteiger partial charge >= 0.3 is 0 Å². The van der Waals surface area contributed by atoms with E-state index in [4.69, 9.17) is 5.26 Å². The lowest BCUT2D eigenvalue weighted by Crippen LogP contribution is -2.33. The van der Waals surface area contributed by atoms with Crippen LogP contribution in [0.3, 0.4) is 0 Å². The Labute approximate surface area is 101 Å². The average molecular weight is 231 g/mol. The molecule has 1 saturated carbocycles. The number of nitrogens with zero attached hydrogens (tertiary/aromatic N) is 2. The summed E-state index contributed by atoms with van der Waals surface area (Å²) in [4.78, 5) is 4.28. The Hall–Kier alpha value is -1.60. The predicted octanol–water partition coefficient (Wildman–Crippen LogP) is 1.75. The van der Waals surface area contributed by atoms with Crippen molar-refractivity contribution in [2.24, 2.45) is 5.92 Å². The van der Waals surface area contributed by atoms with Crippen molar-refractivity contribution in [1.82, 2.24) is 4.98 Å². The monoisotopic (exact) mass is 231 g/mol. The first-order chi connectivity index (χ1) is 8.10. The molecule has 1 aliphatic rings. The highest BCUT2D eigenvalue weighted by Gasteiger charge is 2.26. The quantitative estimate of drug-likeness (QED) is 0.831. The summed E-state index contributed by atoms with van der Waals surface area (Å²) in [7, 11) is 0. The molecule has 0 aromatic carbocycles. The lowest BCUT2D eigenvalue weighted by molar-refractivity contribution is 0.0487. The van der Waals surface area contributed by atoms with Gasteiger partial charge in [0.15, 0.2) is 0 Å². The molecule has 1 aromatic heterocycles. The first-order valence-electron chi connectivity index (χ1n) is 5.90. The molecule has 0 unspecified atom stereocenters. The molecule has 2 rings (SSSR count). The molecular weight excluding hydrogens is 214 g/mol. The van der Waals surface area contributed by atoms with E-state index in [2.05, 4.69) is 16.4 Å².